The van der Waals surface area contributed by atoms with Crippen LogP contribution in [0, 0.1) is 11.6 Å². The Kier molecular flexibility index (Phi) is 2.59. The van der Waals surface area contributed by atoms with Crippen LogP contribution >= 0.6 is 15.9 Å². The smallest absolute Gasteiger partial charge is 0.258 e. The van der Waals surface area contributed by atoms with Crippen LogP contribution in [-0.4, -0.2) is 11.8 Å². The Morgan fingerprint density at radius 2 is 1.56 bits per heavy atom. The van der Waals surface area contributed by atoms with Crippen molar-refractivity contribution in [3.05, 3.63) is 40.4 Å². The first kappa shape index (κ1) is 10.9. The molecule has 1 aliphatic rings. The summed E-state index contributed by atoms with van der Waals surface area (Å²) in [6, 6.07) is 1.66. The molecule has 16 heavy (non-hydrogen) atoms. The normalized spacial score (nSPS) is 15.1. The molecule has 1 heterocycles. The van der Waals surface area contributed by atoms with E-state index in [2.05, 4.69) is 15.9 Å². The second kappa shape index (κ2) is 3.79. The number of anilines is 1. The van der Waals surface area contributed by atoms with Crippen LogP contribution in [0.15, 0.2) is 28.8 Å². The van der Waals surface area contributed by atoms with E-state index in [1.54, 1.807) is 0 Å². The lowest BCUT2D eigenvalue weighted by atomic mass is 10.2. The highest BCUT2D eigenvalue weighted by Crippen LogP contribution is 2.28. The first-order valence-electron chi connectivity index (χ1n) is 4.21. The van der Waals surface area contributed by atoms with Gasteiger partial charge in [0.15, 0.2) is 0 Å². The van der Waals surface area contributed by atoms with Crippen LogP contribution in [-0.2, 0) is 9.59 Å². The van der Waals surface area contributed by atoms with E-state index in [9.17, 15) is 18.4 Å². The van der Waals surface area contributed by atoms with E-state index in [4.69, 9.17) is 0 Å². The summed E-state index contributed by atoms with van der Waals surface area (Å²) in [6.45, 7) is 0. The van der Waals surface area contributed by atoms with Crippen LogP contribution in [0.1, 0.15) is 0 Å². The molecule has 2 amide bonds. The fourth-order valence-corrected chi connectivity index (χ4v) is 1.65. The second-order valence-electron chi connectivity index (χ2n) is 3.06. The first-order chi connectivity index (χ1) is 7.50. The highest BCUT2D eigenvalue weighted by molar-refractivity contribution is 9.10. The second-order valence-corrected chi connectivity index (χ2v) is 3.92. The molecule has 1 aromatic rings. The Hall–Kier alpha value is -1.56. The molecule has 0 radical (unpaired) electrons. The van der Waals surface area contributed by atoms with Crippen LogP contribution in [0.25, 0.3) is 0 Å². The van der Waals surface area contributed by atoms with E-state index < -0.39 is 23.4 Å². The molecule has 0 atom stereocenters. The number of carbonyl (C=O) groups is 2. The minimum Gasteiger partial charge on any atom is -0.269 e. The van der Waals surface area contributed by atoms with Crippen molar-refractivity contribution < 1.29 is 18.4 Å². The molecular weight excluding hydrogens is 284 g/mol. The van der Waals surface area contributed by atoms with Crippen molar-refractivity contribution in [2.45, 2.75) is 0 Å². The Morgan fingerprint density at radius 1 is 1.00 bits per heavy atom. The standard InChI is InChI=1S/C10H4BrF2NO2/c11-5-3-8(7(13)4-6(5)12)14-9(15)1-2-10(14)16/h1-4H. The molecule has 0 aliphatic carbocycles. The largest absolute Gasteiger partial charge is 0.269 e. The van der Waals surface area contributed by atoms with Crippen LogP contribution in [0.4, 0.5) is 14.5 Å². The number of amides is 2. The van der Waals surface area contributed by atoms with Crippen molar-refractivity contribution in [3.63, 3.8) is 0 Å². The monoisotopic (exact) mass is 287 g/mol. The Labute approximate surface area is 97.5 Å². The summed E-state index contributed by atoms with van der Waals surface area (Å²) >= 11 is 2.86. The first-order valence-corrected chi connectivity index (χ1v) is 5.00. The minimum absolute atomic E-state index is 0.0172. The number of hydrogen-bond donors (Lipinski definition) is 0. The molecule has 6 heteroatoms. The maximum absolute atomic E-state index is 13.4. The molecule has 82 valence electrons. The van der Waals surface area contributed by atoms with Crippen molar-refractivity contribution in [2.24, 2.45) is 0 Å². The summed E-state index contributed by atoms with van der Waals surface area (Å²) in [4.78, 5) is 23.2. The number of imide groups is 1. The Morgan fingerprint density at radius 3 is 2.12 bits per heavy atom. The van der Waals surface area contributed by atoms with E-state index in [1.165, 1.54) is 0 Å². The molecule has 0 bridgehead atoms. The predicted molar refractivity (Wildman–Crippen MR) is 55.7 cm³/mol. The average Bonchev–Trinajstić information content (AvgIpc) is 2.53. The third-order valence-corrected chi connectivity index (χ3v) is 2.65. The van der Waals surface area contributed by atoms with Gasteiger partial charge in [-0.05, 0) is 22.0 Å². The summed E-state index contributed by atoms with van der Waals surface area (Å²) in [5, 5.41) is 0. The highest BCUT2D eigenvalue weighted by Gasteiger charge is 2.28. The SMILES string of the molecule is O=C1C=CC(=O)N1c1cc(Br)c(F)cc1F. The highest BCUT2D eigenvalue weighted by atomic mass is 79.9. The molecule has 0 saturated carbocycles. The van der Waals surface area contributed by atoms with E-state index in [0.717, 1.165) is 18.2 Å². The van der Waals surface area contributed by atoms with Gasteiger partial charge in [-0.1, -0.05) is 0 Å². The minimum atomic E-state index is -0.967. The molecule has 0 fully saturated rings. The Bertz CT molecular complexity index is 510. The maximum Gasteiger partial charge on any atom is 0.258 e. The molecule has 0 saturated heterocycles. The van der Waals surface area contributed by atoms with E-state index >= 15 is 0 Å². The zero-order valence-electron chi connectivity index (χ0n) is 7.71. The van der Waals surface area contributed by atoms with Gasteiger partial charge in [-0.3, -0.25) is 9.59 Å². The van der Waals surface area contributed by atoms with Crippen molar-refractivity contribution in [3.8, 4) is 0 Å². The van der Waals surface area contributed by atoms with Gasteiger partial charge in [0.05, 0.1) is 10.2 Å². The number of benzene rings is 1. The van der Waals surface area contributed by atoms with Crippen LogP contribution in [0.5, 0.6) is 0 Å². The maximum atomic E-state index is 13.4. The van der Waals surface area contributed by atoms with Crippen LogP contribution in [0.2, 0.25) is 0 Å². The van der Waals surface area contributed by atoms with Gasteiger partial charge in [0, 0.05) is 18.2 Å². The molecule has 0 N–H and O–H groups in total. The summed E-state index contributed by atoms with van der Waals surface area (Å²) < 4.78 is 26.3. The number of nitrogens with zero attached hydrogens (tertiary/aromatic N) is 1. The third-order valence-electron chi connectivity index (χ3n) is 2.04. The number of carbonyl (C=O) groups excluding carboxylic acids is 2. The molecule has 3 nitrogen and oxygen atoms in total. The van der Waals surface area contributed by atoms with Gasteiger partial charge in [-0.25, -0.2) is 13.7 Å². The van der Waals surface area contributed by atoms with E-state index in [-0.39, 0.29) is 10.2 Å². The predicted octanol–water partition coefficient (Wildman–Crippen LogP) is 2.16. The molecular formula is C10H4BrF2NO2. The zero-order chi connectivity index (χ0) is 11.9. The van der Waals surface area contributed by atoms with Gasteiger partial charge in [-0.2, -0.15) is 0 Å². The number of hydrogen-bond acceptors (Lipinski definition) is 2. The van der Waals surface area contributed by atoms with Crippen molar-refractivity contribution in [2.75, 3.05) is 4.90 Å². The van der Waals surface area contributed by atoms with Crippen LogP contribution < -0.4 is 4.90 Å². The lowest BCUT2D eigenvalue weighted by Crippen LogP contribution is -2.30. The number of halogens is 3. The van der Waals surface area contributed by atoms with Gasteiger partial charge in [0.25, 0.3) is 11.8 Å². The zero-order valence-corrected chi connectivity index (χ0v) is 9.29. The van der Waals surface area contributed by atoms with E-state index in [0.29, 0.717) is 11.0 Å². The molecule has 0 unspecified atom stereocenters. The van der Waals surface area contributed by atoms with Gasteiger partial charge in [0.2, 0.25) is 0 Å². The Balaban J connectivity index is 2.53. The van der Waals surface area contributed by atoms with E-state index in [1.807, 2.05) is 0 Å². The topological polar surface area (TPSA) is 37.4 Å². The summed E-state index contributed by atoms with van der Waals surface area (Å²) in [5.41, 5.74) is -0.270. The summed E-state index contributed by atoms with van der Waals surface area (Å²) in [6.07, 6.45) is 2.05. The van der Waals surface area contributed by atoms with Gasteiger partial charge < -0.3 is 0 Å². The third kappa shape index (κ3) is 1.65. The summed E-state index contributed by atoms with van der Waals surface area (Å²) in [7, 11) is 0. The molecule has 0 spiro atoms. The van der Waals surface area contributed by atoms with Gasteiger partial charge in [0.1, 0.15) is 11.6 Å². The van der Waals surface area contributed by atoms with Crippen LogP contribution in [0.3, 0.4) is 0 Å². The lowest BCUT2D eigenvalue weighted by molar-refractivity contribution is -0.120. The molecule has 2 rings (SSSR count). The summed E-state index contributed by atoms with van der Waals surface area (Å²) in [5.74, 6) is -3.07. The quantitative estimate of drug-likeness (QED) is 0.586. The van der Waals surface area contributed by atoms with Crippen molar-refractivity contribution in [1.82, 2.24) is 0 Å². The fourth-order valence-electron chi connectivity index (χ4n) is 1.32. The number of rotatable bonds is 1. The van der Waals surface area contributed by atoms with Gasteiger partial charge in [-0.15, -0.1) is 0 Å². The molecule has 0 aromatic heterocycles. The van der Waals surface area contributed by atoms with Crippen molar-refractivity contribution >= 4 is 33.4 Å². The molecule has 1 aromatic carbocycles. The molecule has 1 aliphatic heterocycles. The van der Waals surface area contributed by atoms with Crippen molar-refractivity contribution in [1.29, 1.82) is 0 Å². The lowest BCUT2D eigenvalue weighted by Gasteiger charge is -2.15. The van der Waals surface area contributed by atoms with Gasteiger partial charge >= 0.3 is 0 Å². The average molecular weight is 288 g/mol. The fraction of sp³-hybridized carbons (Fsp3) is 0.